The van der Waals surface area contributed by atoms with E-state index in [-0.39, 0.29) is 17.8 Å². The molecule has 1 atom stereocenters. The summed E-state index contributed by atoms with van der Waals surface area (Å²) < 4.78 is 14.1. The second-order valence-electron chi connectivity index (χ2n) is 6.05. The fourth-order valence-corrected chi connectivity index (χ4v) is 1.98. The summed E-state index contributed by atoms with van der Waals surface area (Å²) in [5, 5.41) is 0. The van der Waals surface area contributed by atoms with E-state index < -0.39 is 0 Å². The summed E-state index contributed by atoms with van der Waals surface area (Å²) in [5.41, 5.74) is 7.01. The fourth-order valence-electron chi connectivity index (χ4n) is 1.98. The molecular weight excluding hydrogens is 227 g/mol. The lowest BCUT2D eigenvalue weighted by atomic mass is 9.87. The first-order chi connectivity index (χ1) is 8.27. The molecule has 1 aromatic carbocycles. The molecule has 0 heterocycles. The van der Waals surface area contributed by atoms with Gasteiger partial charge >= 0.3 is 0 Å². The average molecular weight is 252 g/mol. The van der Waals surface area contributed by atoms with E-state index in [2.05, 4.69) is 32.6 Å². The van der Waals surface area contributed by atoms with Crippen molar-refractivity contribution >= 4 is 0 Å². The maximum atomic E-state index is 14.1. The normalized spacial score (nSPS) is 14.0. The molecule has 2 nitrogen and oxygen atoms in total. The quantitative estimate of drug-likeness (QED) is 0.892. The number of hydrogen-bond donors (Lipinski definition) is 1. The van der Waals surface area contributed by atoms with E-state index in [1.165, 1.54) is 0 Å². The van der Waals surface area contributed by atoms with E-state index in [0.29, 0.717) is 18.2 Å². The van der Waals surface area contributed by atoms with Crippen LogP contribution in [0, 0.1) is 11.2 Å². The molecule has 1 unspecified atom stereocenters. The van der Waals surface area contributed by atoms with Gasteiger partial charge in [-0.25, -0.2) is 4.39 Å². The van der Waals surface area contributed by atoms with Gasteiger partial charge in [0.15, 0.2) is 0 Å². The molecule has 18 heavy (non-hydrogen) atoms. The minimum absolute atomic E-state index is 0.159. The van der Waals surface area contributed by atoms with E-state index >= 15 is 0 Å². The van der Waals surface area contributed by atoms with E-state index in [0.717, 1.165) is 5.56 Å². The van der Waals surface area contributed by atoms with Gasteiger partial charge in [-0.15, -0.1) is 0 Å². The van der Waals surface area contributed by atoms with Crippen molar-refractivity contribution in [2.75, 3.05) is 7.05 Å². The van der Waals surface area contributed by atoms with E-state index in [1.54, 1.807) is 6.07 Å². The topological polar surface area (TPSA) is 29.3 Å². The maximum Gasteiger partial charge on any atom is 0.132 e. The Morgan fingerprint density at radius 1 is 1.28 bits per heavy atom. The van der Waals surface area contributed by atoms with Crippen LogP contribution in [0.2, 0.25) is 0 Å². The van der Waals surface area contributed by atoms with Crippen LogP contribution in [0.15, 0.2) is 18.2 Å². The lowest BCUT2D eigenvalue weighted by Crippen LogP contribution is -2.39. The molecule has 2 N–H and O–H groups in total. The SMILES string of the molecule is CC(N(C)Cc1cccc(CN)c1F)C(C)(C)C. The standard InChI is InChI=1S/C15H25FN2/c1-11(15(2,3)4)18(5)10-13-8-6-7-12(9-17)14(13)16/h6-8,11H,9-10,17H2,1-5H3. The molecule has 0 aliphatic carbocycles. The first-order valence-corrected chi connectivity index (χ1v) is 6.44. The molecule has 0 radical (unpaired) electrons. The van der Waals surface area contributed by atoms with Gasteiger partial charge in [0.2, 0.25) is 0 Å². The lowest BCUT2D eigenvalue weighted by Gasteiger charge is -2.35. The van der Waals surface area contributed by atoms with Crippen molar-refractivity contribution in [2.45, 2.75) is 46.8 Å². The van der Waals surface area contributed by atoms with Gasteiger partial charge in [0, 0.05) is 30.3 Å². The zero-order chi connectivity index (χ0) is 13.9. The minimum atomic E-state index is -0.159. The Kier molecular flexibility index (Phi) is 4.88. The zero-order valence-electron chi connectivity index (χ0n) is 12.1. The molecule has 1 aromatic rings. The van der Waals surface area contributed by atoms with Crippen molar-refractivity contribution in [1.82, 2.24) is 4.90 Å². The Morgan fingerprint density at radius 2 is 1.83 bits per heavy atom. The Bertz CT molecular complexity index is 396. The Balaban J connectivity index is 2.85. The summed E-state index contributed by atoms with van der Waals surface area (Å²) in [4.78, 5) is 2.18. The Hall–Kier alpha value is -0.930. The van der Waals surface area contributed by atoms with Crippen LogP contribution in [0.1, 0.15) is 38.8 Å². The third-order valence-corrected chi connectivity index (χ3v) is 3.71. The third kappa shape index (κ3) is 3.53. The predicted molar refractivity (Wildman–Crippen MR) is 74.7 cm³/mol. The van der Waals surface area contributed by atoms with Crippen LogP contribution < -0.4 is 5.73 Å². The molecule has 102 valence electrons. The molecule has 0 saturated heterocycles. The van der Waals surface area contributed by atoms with Crippen molar-refractivity contribution in [1.29, 1.82) is 0 Å². The van der Waals surface area contributed by atoms with Gasteiger partial charge in [-0.1, -0.05) is 39.0 Å². The minimum Gasteiger partial charge on any atom is -0.326 e. The van der Waals surface area contributed by atoms with Gasteiger partial charge in [-0.2, -0.15) is 0 Å². The molecule has 0 fully saturated rings. The lowest BCUT2D eigenvalue weighted by molar-refractivity contribution is 0.133. The number of rotatable bonds is 4. The van der Waals surface area contributed by atoms with Crippen molar-refractivity contribution < 1.29 is 4.39 Å². The van der Waals surface area contributed by atoms with Crippen LogP contribution >= 0.6 is 0 Å². The van der Waals surface area contributed by atoms with Crippen molar-refractivity contribution in [3.63, 3.8) is 0 Å². The van der Waals surface area contributed by atoms with E-state index in [1.807, 2.05) is 19.2 Å². The number of nitrogens with two attached hydrogens (primary N) is 1. The predicted octanol–water partition coefficient (Wildman–Crippen LogP) is 3.15. The summed E-state index contributed by atoms with van der Waals surface area (Å²) in [6.45, 7) is 9.61. The highest BCUT2D eigenvalue weighted by Crippen LogP contribution is 2.25. The van der Waals surface area contributed by atoms with E-state index in [9.17, 15) is 4.39 Å². The summed E-state index contributed by atoms with van der Waals surface area (Å²) in [6.07, 6.45) is 0. The fraction of sp³-hybridized carbons (Fsp3) is 0.600. The highest BCUT2D eigenvalue weighted by atomic mass is 19.1. The van der Waals surface area contributed by atoms with Crippen molar-refractivity contribution in [3.8, 4) is 0 Å². The molecule has 3 heteroatoms. The molecule has 0 aliphatic heterocycles. The molecule has 0 aliphatic rings. The second-order valence-corrected chi connectivity index (χ2v) is 6.05. The number of hydrogen-bond acceptors (Lipinski definition) is 2. The average Bonchev–Trinajstić information content (AvgIpc) is 2.29. The number of nitrogens with zero attached hydrogens (tertiary/aromatic N) is 1. The first kappa shape index (κ1) is 15.1. The molecule has 0 aromatic heterocycles. The zero-order valence-corrected chi connectivity index (χ0v) is 12.1. The summed E-state index contributed by atoms with van der Waals surface area (Å²) in [5.74, 6) is -0.159. The highest BCUT2D eigenvalue weighted by molar-refractivity contribution is 5.25. The van der Waals surface area contributed by atoms with E-state index in [4.69, 9.17) is 5.73 Å². The van der Waals surface area contributed by atoms with Gasteiger partial charge < -0.3 is 5.73 Å². The molecule has 1 rings (SSSR count). The number of halogens is 1. The van der Waals surface area contributed by atoms with Crippen LogP contribution in [-0.4, -0.2) is 18.0 Å². The second kappa shape index (κ2) is 5.81. The number of benzene rings is 1. The van der Waals surface area contributed by atoms with Gasteiger partial charge in [0.05, 0.1) is 0 Å². The van der Waals surface area contributed by atoms with Crippen LogP contribution in [0.4, 0.5) is 4.39 Å². The van der Waals surface area contributed by atoms with Crippen molar-refractivity contribution in [2.24, 2.45) is 11.1 Å². The van der Waals surface area contributed by atoms with Gasteiger partial charge in [-0.05, 0) is 19.4 Å². The summed E-state index contributed by atoms with van der Waals surface area (Å²) in [7, 11) is 2.03. The summed E-state index contributed by atoms with van der Waals surface area (Å²) in [6, 6.07) is 5.82. The highest BCUT2D eigenvalue weighted by Gasteiger charge is 2.24. The molecular formula is C15H25FN2. The van der Waals surface area contributed by atoms with Gasteiger partial charge in [0.1, 0.15) is 5.82 Å². The van der Waals surface area contributed by atoms with Crippen molar-refractivity contribution in [3.05, 3.63) is 35.1 Å². The van der Waals surface area contributed by atoms with Crippen LogP contribution in [0.3, 0.4) is 0 Å². The smallest absolute Gasteiger partial charge is 0.132 e. The monoisotopic (exact) mass is 252 g/mol. The Labute approximate surface area is 110 Å². The maximum absolute atomic E-state index is 14.1. The van der Waals surface area contributed by atoms with Crippen LogP contribution in [-0.2, 0) is 13.1 Å². The Morgan fingerprint density at radius 3 is 2.33 bits per heavy atom. The third-order valence-electron chi connectivity index (χ3n) is 3.71. The first-order valence-electron chi connectivity index (χ1n) is 6.44. The van der Waals surface area contributed by atoms with Gasteiger partial charge in [-0.3, -0.25) is 4.90 Å². The largest absolute Gasteiger partial charge is 0.326 e. The molecule has 0 amide bonds. The molecule has 0 spiro atoms. The van der Waals surface area contributed by atoms with Crippen LogP contribution in [0.25, 0.3) is 0 Å². The van der Waals surface area contributed by atoms with Gasteiger partial charge in [0.25, 0.3) is 0 Å². The summed E-state index contributed by atoms with van der Waals surface area (Å²) >= 11 is 0. The van der Waals surface area contributed by atoms with Crippen LogP contribution in [0.5, 0.6) is 0 Å². The molecule has 0 bridgehead atoms. The molecule has 0 saturated carbocycles.